The number of nitrogens with one attached hydrogen (secondary N) is 1. The van der Waals surface area contributed by atoms with Crippen molar-refractivity contribution in [1.29, 1.82) is 0 Å². The van der Waals surface area contributed by atoms with Crippen LogP contribution in [0.4, 0.5) is 0 Å². The number of carbonyl (C=O) groups is 3. The van der Waals surface area contributed by atoms with Crippen molar-refractivity contribution >= 4 is 17.7 Å². The number of fused-ring (bicyclic) bond motifs is 7. The van der Waals surface area contributed by atoms with Crippen molar-refractivity contribution in [2.75, 3.05) is 6.54 Å². The van der Waals surface area contributed by atoms with Gasteiger partial charge < -0.3 is 15.2 Å². The molecule has 6 heteroatoms. The fraction of sp³-hybridized carbons (Fsp3) is 0.774. The summed E-state index contributed by atoms with van der Waals surface area (Å²) < 4.78 is 5.59. The Labute approximate surface area is 221 Å². The van der Waals surface area contributed by atoms with Gasteiger partial charge in [0, 0.05) is 26.8 Å². The SMILES string of the molecule is CC(=O)NC[C@H](C)C[C@H]1C(=O)C(C)=C2[C@]1(O)C[C@@H]1[C@H]3CC=C4C[C@@H](OC(C)=O)CC[C@]4(C)[C@@H]3CC[C@]21C. The molecular formula is C31H45NO5. The van der Waals surface area contributed by atoms with E-state index in [9.17, 15) is 19.5 Å². The maximum Gasteiger partial charge on any atom is 0.302 e. The maximum atomic E-state index is 13.5. The van der Waals surface area contributed by atoms with Crippen LogP contribution in [-0.2, 0) is 19.1 Å². The summed E-state index contributed by atoms with van der Waals surface area (Å²) >= 11 is 0. The summed E-state index contributed by atoms with van der Waals surface area (Å²) in [5, 5.41) is 15.2. The zero-order valence-corrected chi connectivity index (χ0v) is 23.5. The van der Waals surface area contributed by atoms with E-state index >= 15 is 0 Å². The highest BCUT2D eigenvalue weighted by molar-refractivity contribution is 6.02. The molecule has 0 unspecified atom stereocenters. The molecule has 0 aromatic carbocycles. The van der Waals surface area contributed by atoms with Gasteiger partial charge >= 0.3 is 5.97 Å². The van der Waals surface area contributed by atoms with E-state index in [0.29, 0.717) is 37.1 Å². The van der Waals surface area contributed by atoms with Crippen molar-refractivity contribution < 1.29 is 24.2 Å². The van der Waals surface area contributed by atoms with Crippen LogP contribution in [0.3, 0.4) is 0 Å². The predicted molar refractivity (Wildman–Crippen MR) is 141 cm³/mol. The van der Waals surface area contributed by atoms with Gasteiger partial charge in [-0.1, -0.05) is 32.4 Å². The number of aliphatic hydroxyl groups is 1. The Balaban J connectivity index is 1.42. The number of amides is 1. The standard InChI is InChI=1S/C31H45NO5/c1-17(16-32-19(3)33)13-25-27(35)18(2)28-30(6)12-10-24-23(26(30)15-31(25,28)36)8-7-21-14-22(37-20(4)34)9-11-29(21,24)5/h7,17,22-26,36H,8-16H2,1-6H3,(H,32,33)/t17-,22+,23+,24-,25+,26-,29+,30+,31+/m1/s1. The Bertz CT molecular complexity index is 1080. The first kappa shape index (κ1) is 26.6. The van der Waals surface area contributed by atoms with Gasteiger partial charge in [0.25, 0.3) is 0 Å². The average molecular weight is 512 g/mol. The van der Waals surface area contributed by atoms with Crippen LogP contribution in [0.15, 0.2) is 22.8 Å². The highest BCUT2D eigenvalue weighted by Gasteiger charge is 2.68. The van der Waals surface area contributed by atoms with E-state index in [-0.39, 0.29) is 40.5 Å². The van der Waals surface area contributed by atoms with Crippen LogP contribution in [0.1, 0.15) is 92.9 Å². The van der Waals surface area contributed by atoms with E-state index in [2.05, 4.69) is 32.2 Å². The second-order valence-electron chi connectivity index (χ2n) is 13.5. The minimum absolute atomic E-state index is 0.00663. The van der Waals surface area contributed by atoms with Crippen molar-refractivity contribution in [2.24, 2.45) is 40.4 Å². The monoisotopic (exact) mass is 511 g/mol. The molecule has 1 amide bonds. The van der Waals surface area contributed by atoms with Crippen LogP contribution in [0.2, 0.25) is 0 Å². The number of rotatable bonds is 5. The Kier molecular flexibility index (Phi) is 6.53. The molecule has 2 N–H and O–H groups in total. The van der Waals surface area contributed by atoms with Crippen LogP contribution < -0.4 is 5.32 Å². The third kappa shape index (κ3) is 4.04. The summed E-state index contributed by atoms with van der Waals surface area (Å²) in [6.07, 6.45) is 9.58. The Morgan fingerprint density at radius 3 is 2.54 bits per heavy atom. The molecule has 0 spiro atoms. The lowest BCUT2D eigenvalue weighted by molar-refractivity contribution is -0.148. The van der Waals surface area contributed by atoms with Gasteiger partial charge in [0.05, 0.1) is 11.5 Å². The van der Waals surface area contributed by atoms with Gasteiger partial charge in [-0.25, -0.2) is 0 Å². The molecule has 5 aliphatic rings. The third-order valence-corrected chi connectivity index (χ3v) is 11.3. The summed E-state index contributed by atoms with van der Waals surface area (Å²) in [7, 11) is 0. The van der Waals surface area contributed by atoms with Crippen LogP contribution >= 0.6 is 0 Å². The molecule has 0 aromatic heterocycles. The highest BCUT2D eigenvalue weighted by Crippen LogP contribution is 2.71. The van der Waals surface area contributed by atoms with Crippen LogP contribution in [0, 0.1) is 40.4 Å². The molecule has 0 saturated heterocycles. The van der Waals surface area contributed by atoms with E-state index in [1.165, 1.54) is 19.4 Å². The molecular weight excluding hydrogens is 466 g/mol. The summed E-state index contributed by atoms with van der Waals surface area (Å²) in [6.45, 7) is 12.3. The van der Waals surface area contributed by atoms with Crippen LogP contribution in [0.5, 0.6) is 0 Å². The molecule has 0 bridgehead atoms. The average Bonchev–Trinajstić information content (AvgIpc) is 3.17. The molecule has 0 aromatic rings. The molecule has 6 nitrogen and oxygen atoms in total. The lowest BCUT2D eigenvalue weighted by Gasteiger charge is -2.57. The van der Waals surface area contributed by atoms with Crippen molar-refractivity contribution in [2.45, 2.75) is 105 Å². The quantitative estimate of drug-likeness (QED) is 0.405. The maximum absolute atomic E-state index is 13.5. The van der Waals surface area contributed by atoms with Gasteiger partial charge in [0.1, 0.15) is 6.10 Å². The zero-order chi connectivity index (χ0) is 26.9. The summed E-state index contributed by atoms with van der Waals surface area (Å²) in [4.78, 5) is 36.5. The molecule has 3 saturated carbocycles. The number of hydrogen-bond donors (Lipinski definition) is 2. The first-order chi connectivity index (χ1) is 17.3. The second kappa shape index (κ2) is 9.07. The molecule has 0 heterocycles. The van der Waals surface area contributed by atoms with Crippen molar-refractivity contribution in [3.05, 3.63) is 22.8 Å². The number of carbonyl (C=O) groups excluding carboxylic acids is 3. The van der Waals surface area contributed by atoms with Gasteiger partial charge in [-0.2, -0.15) is 0 Å². The van der Waals surface area contributed by atoms with E-state index in [1.807, 2.05) is 6.92 Å². The largest absolute Gasteiger partial charge is 0.462 e. The minimum atomic E-state index is -1.07. The van der Waals surface area contributed by atoms with Crippen LogP contribution in [-0.4, -0.2) is 41.0 Å². The molecule has 3 fully saturated rings. The summed E-state index contributed by atoms with van der Waals surface area (Å²) in [5.41, 5.74) is 2.18. The second-order valence-corrected chi connectivity index (χ2v) is 13.5. The molecule has 5 rings (SSSR count). The number of hydrogen-bond acceptors (Lipinski definition) is 5. The first-order valence-corrected chi connectivity index (χ1v) is 14.4. The highest BCUT2D eigenvalue weighted by atomic mass is 16.5. The molecule has 0 radical (unpaired) electrons. The Morgan fingerprint density at radius 2 is 1.86 bits per heavy atom. The zero-order valence-electron chi connectivity index (χ0n) is 23.5. The molecule has 204 valence electrons. The third-order valence-electron chi connectivity index (χ3n) is 11.3. The van der Waals surface area contributed by atoms with Crippen molar-refractivity contribution in [1.82, 2.24) is 5.32 Å². The number of esters is 1. The minimum Gasteiger partial charge on any atom is -0.462 e. The topological polar surface area (TPSA) is 92.7 Å². The lowest BCUT2D eigenvalue weighted by Crippen LogP contribution is -2.49. The molecule has 37 heavy (non-hydrogen) atoms. The van der Waals surface area contributed by atoms with Crippen molar-refractivity contribution in [3.63, 3.8) is 0 Å². The molecule has 0 aliphatic heterocycles. The van der Waals surface area contributed by atoms with E-state index in [0.717, 1.165) is 49.7 Å². The fourth-order valence-corrected chi connectivity index (χ4v) is 9.68. The lowest BCUT2D eigenvalue weighted by atomic mass is 9.47. The molecule has 9 atom stereocenters. The number of Topliss-reactive ketones (excluding diaryl/α,β-unsaturated/α-hetero) is 1. The van der Waals surface area contributed by atoms with Gasteiger partial charge in [-0.05, 0) is 97.5 Å². The van der Waals surface area contributed by atoms with E-state index < -0.39 is 11.5 Å². The van der Waals surface area contributed by atoms with E-state index in [1.54, 1.807) is 0 Å². The Morgan fingerprint density at radius 1 is 1.16 bits per heavy atom. The van der Waals surface area contributed by atoms with Crippen molar-refractivity contribution in [3.8, 4) is 0 Å². The Hall–Kier alpha value is -1.95. The number of allylic oxidation sites excluding steroid dienone is 2. The number of ether oxygens (including phenoxy) is 1. The molecule has 5 aliphatic carbocycles. The van der Waals surface area contributed by atoms with E-state index in [4.69, 9.17) is 4.74 Å². The van der Waals surface area contributed by atoms with Gasteiger partial charge in [-0.15, -0.1) is 0 Å². The van der Waals surface area contributed by atoms with Gasteiger partial charge in [0.15, 0.2) is 5.78 Å². The predicted octanol–water partition coefficient (Wildman–Crippen LogP) is 4.90. The van der Waals surface area contributed by atoms with Gasteiger partial charge in [-0.3, -0.25) is 14.4 Å². The normalized spacial score (nSPS) is 43.3. The fourth-order valence-electron chi connectivity index (χ4n) is 9.68. The summed E-state index contributed by atoms with van der Waals surface area (Å²) in [6, 6.07) is 0. The first-order valence-electron chi connectivity index (χ1n) is 14.4. The smallest absolute Gasteiger partial charge is 0.302 e. The summed E-state index contributed by atoms with van der Waals surface area (Å²) in [5.74, 6) is 0.935. The van der Waals surface area contributed by atoms with Gasteiger partial charge in [0.2, 0.25) is 5.91 Å². The van der Waals surface area contributed by atoms with Crippen LogP contribution in [0.25, 0.3) is 0 Å². The number of ketones is 1.